The lowest BCUT2D eigenvalue weighted by Crippen LogP contribution is -2.23. The third-order valence-corrected chi connectivity index (χ3v) is 6.26. The number of aliphatic imine (C=N–C) groups is 1. The van der Waals surface area contributed by atoms with Crippen molar-refractivity contribution in [1.82, 2.24) is 0 Å². The maximum absolute atomic E-state index is 12.4. The normalized spacial score (nSPS) is 11.8. The molecule has 1 aliphatic carbocycles. The highest BCUT2D eigenvalue weighted by Crippen LogP contribution is 2.42. The Hall–Kier alpha value is -4.31. The molecule has 190 valence electrons. The predicted octanol–water partition coefficient (Wildman–Crippen LogP) is 3.81. The summed E-state index contributed by atoms with van der Waals surface area (Å²) >= 11 is 1.12. The number of nitrogens with zero attached hydrogens (tertiary/aromatic N) is 1. The molecule has 0 saturated carbocycles. The zero-order chi connectivity index (χ0) is 26.7. The number of aromatic carboxylic acids is 1. The molecule has 0 spiro atoms. The van der Waals surface area contributed by atoms with Crippen LogP contribution in [0.1, 0.15) is 24.2 Å². The first-order chi connectivity index (χ1) is 17.6. The van der Waals surface area contributed by atoms with Crippen LogP contribution in [0.2, 0.25) is 0 Å². The third-order valence-electron chi connectivity index (χ3n) is 5.34. The number of amides is 1. The molecule has 0 fully saturated rings. The number of carbonyl (C=O) groups is 2. The SMILES string of the molecule is CC(C)N=C([O-])CSCC(=O)Nc1ccc(-c2c3ccc(=O)cc-3oc3cc(O)ccc23)c(C(=O)O)c1. The van der Waals surface area contributed by atoms with E-state index in [1.807, 2.05) is 0 Å². The highest BCUT2D eigenvalue weighted by molar-refractivity contribution is 8.00. The van der Waals surface area contributed by atoms with Crippen LogP contribution in [0.3, 0.4) is 0 Å². The largest absolute Gasteiger partial charge is 0.861 e. The van der Waals surface area contributed by atoms with E-state index < -0.39 is 5.97 Å². The Balaban J connectivity index is 1.70. The number of aromatic hydroxyl groups is 1. The molecule has 10 heteroatoms. The Morgan fingerprint density at radius 2 is 1.81 bits per heavy atom. The van der Waals surface area contributed by atoms with Gasteiger partial charge in [-0.05, 0) is 61.7 Å². The Morgan fingerprint density at radius 3 is 2.54 bits per heavy atom. The highest BCUT2D eigenvalue weighted by atomic mass is 32.2. The molecule has 0 atom stereocenters. The molecule has 2 aliphatic rings. The van der Waals surface area contributed by atoms with Crippen LogP contribution in [0.4, 0.5) is 5.69 Å². The van der Waals surface area contributed by atoms with Crippen molar-refractivity contribution in [3.8, 4) is 28.2 Å². The van der Waals surface area contributed by atoms with Gasteiger partial charge in [0.15, 0.2) is 5.43 Å². The van der Waals surface area contributed by atoms with Gasteiger partial charge in [0, 0.05) is 46.1 Å². The number of hydrogen-bond acceptors (Lipinski definition) is 8. The number of anilines is 1. The van der Waals surface area contributed by atoms with Gasteiger partial charge in [0.25, 0.3) is 0 Å². The molecule has 37 heavy (non-hydrogen) atoms. The number of hydrogen-bond donors (Lipinski definition) is 3. The van der Waals surface area contributed by atoms with Crippen molar-refractivity contribution in [3.05, 3.63) is 70.4 Å². The van der Waals surface area contributed by atoms with E-state index in [0.717, 1.165) is 11.8 Å². The van der Waals surface area contributed by atoms with E-state index in [1.165, 1.54) is 30.3 Å². The topological polar surface area (TPSA) is 152 Å². The van der Waals surface area contributed by atoms with E-state index in [-0.39, 0.29) is 63.1 Å². The smallest absolute Gasteiger partial charge is 0.336 e. The molecule has 1 aliphatic heterocycles. The minimum Gasteiger partial charge on any atom is -0.861 e. The molecule has 2 aromatic carbocycles. The standard InChI is InChI=1S/C27H24N2O7S/c1-14(2)28-24(32)12-37-13-25(33)29-15-3-6-18(21(9-15)27(34)35)26-19-7-4-16(30)10-22(19)36-23-11-17(31)5-8-20(23)26/h3-11,14,30H,12-13H2,1-2H3,(H,28,32)(H,29,33)(H,34,35)/p-1. The van der Waals surface area contributed by atoms with Gasteiger partial charge in [-0.1, -0.05) is 6.07 Å². The summed E-state index contributed by atoms with van der Waals surface area (Å²) < 4.78 is 5.82. The fourth-order valence-corrected chi connectivity index (χ4v) is 4.53. The maximum atomic E-state index is 12.4. The number of benzene rings is 3. The van der Waals surface area contributed by atoms with Crippen molar-refractivity contribution < 1.29 is 29.3 Å². The number of carboxylic acids is 1. The molecular weight excluding hydrogens is 496 g/mol. The van der Waals surface area contributed by atoms with Gasteiger partial charge >= 0.3 is 5.97 Å². The van der Waals surface area contributed by atoms with Gasteiger partial charge in [0.05, 0.1) is 11.3 Å². The zero-order valence-electron chi connectivity index (χ0n) is 20.0. The van der Waals surface area contributed by atoms with Crippen molar-refractivity contribution in [1.29, 1.82) is 0 Å². The average Bonchev–Trinajstić information content (AvgIpc) is 2.82. The van der Waals surface area contributed by atoms with Gasteiger partial charge in [-0.15, -0.1) is 11.8 Å². The summed E-state index contributed by atoms with van der Waals surface area (Å²) in [5, 5.41) is 34.8. The van der Waals surface area contributed by atoms with E-state index >= 15 is 0 Å². The van der Waals surface area contributed by atoms with Crippen molar-refractivity contribution in [2.75, 3.05) is 16.8 Å². The second-order valence-corrected chi connectivity index (χ2v) is 9.52. The quantitative estimate of drug-likeness (QED) is 0.181. The minimum atomic E-state index is -1.22. The number of phenolic OH excluding ortho intramolecular Hbond substituents is 1. The second kappa shape index (κ2) is 10.8. The summed E-state index contributed by atoms with van der Waals surface area (Å²) in [6.45, 7) is 3.58. The van der Waals surface area contributed by atoms with Crippen LogP contribution in [-0.4, -0.2) is 45.5 Å². The number of fused-ring (bicyclic) bond motifs is 2. The first kappa shape index (κ1) is 25.8. The second-order valence-electron chi connectivity index (χ2n) is 8.54. The number of rotatable bonds is 8. The van der Waals surface area contributed by atoms with E-state index in [0.29, 0.717) is 22.1 Å². The number of carbonyl (C=O) groups excluding carboxylic acids is 1. The van der Waals surface area contributed by atoms with Gasteiger partial charge in [-0.25, -0.2) is 4.79 Å². The van der Waals surface area contributed by atoms with Crippen LogP contribution in [0.5, 0.6) is 5.75 Å². The summed E-state index contributed by atoms with van der Waals surface area (Å²) in [6.07, 6.45) is 0. The van der Waals surface area contributed by atoms with Crippen LogP contribution in [-0.2, 0) is 4.79 Å². The molecule has 9 nitrogen and oxygen atoms in total. The van der Waals surface area contributed by atoms with Gasteiger partial charge < -0.3 is 30.0 Å². The lowest BCUT2D eigenvalue weighted by molar-refractivity contribution is -0.215. The highest BCUT2D eigenvalue weighted by Gasteiger charge is 2.22. The minimum absolute atomic E-state index is 0.00000232. The Kier molecular flexibility index (Phi) is 7.49. The lowest BCUT2D eigenvalue weighted by atomic mass is 9.90. The predicted molar refractivity (Wildman–Crippen MR) is 142 cm³/mol. The Bertz CT molecular complexity index is 1560. The number of carboxylic acid groups (broad SMARTS) is 1. The molecule has 0 radical (unpaired) electrons. The molecule has 1 amide bonds. The first-order valence-corrected chi connectivity index (χ1v) is 12.5. The summed E-state index contributed by atoms with van der Waals surface area (Å²) in [4.78, 5) is 40.5. The van der Waals surface area contributed by atoms with Gasteiger partial charge in [-0.3, -0.25) is 9.59 Å². The molecule has 0 bridgehead atoms. The van der Waals surface area contributed by atoms with Crippen LogP contribution in [0.25, 0.3) is 33.4 Å². The van der Waals surface area contributed by atoms with E-state index in [2.05, 4.69) is 10.3 Å². The molecule has 2 aromatic rings. The van der Waals surface area contributed by atoms with Crippen LogP contribution < -0.4 is 15.9 Å². The molecular formula is C27H23N2O7S-. The third kappa shape index (κ3) is 5.92. The van der Waals surface area contributed by atoms with Gasteiger partial charge in [-0.2, -0.15) is 0 Å². The van der Waals surface area contributed by atoms with Crippen molar-refractivity contribution in [2.24, 2.45) is 4.99 Å². The average molecular weight is 520 g/mol. The molecule has 1 heterocycles. The van der Waals surface area contributed by atoms with Crippen molar-refractivity contribution in [3.63, 3.8) is 0 Å². The van der Waals surface area contributed by atoms with Crippen LogP contribution in [0, 0.1) is 0 Å². The number of phenols is 1. The molecule has 4 rings (SSSR count). The van der Waals surface area contributed by atoms with E-state index in [1.54, 1.807) is 38.1 Å². The van der Waals surface area contributed by atoms with E-state index in [9.17, 15) is 29.7 Å². The fraction of sp³-hybridized carbons (Fsp3) is 0.185. The Labute approximate surface area is 215 Å². The lowest BCUT2D eigenvalue weighted by Gasteiger charge is -2.17. The van der Waals surface area contributed by atoms with Crippen LogP contribution in [0.15, 0.2) is 68.8 Å². The maximum Gasteiger partial charge on any atom is 0.336 e. The monoisotopic (exact) mass is 519 g/mol. The van der Waals surface area contributed by atoms with Crippen molar-refractivity contribution in [2.45, 2.75) is 19.9 Å². The van der Waals surface area contributed by atoms with E-state index in [4.69, 9.17) is 4.42 Å². The van der Waals surface area contributed by atoms with Crippen LogP contribution >= 0.6 is 11.8 Å². The zero-order valence-corrected chi connectivity index (χ0v) is 20.8. The Morgan fingerprint density at radius 1 is 1.05 bits per heavy atom. The summed E-state index contributed by atoms with van der Waals surface area (Å²) in [7, 11) is 0. The molecule has 3 N–H and O–H groups in total. The number of thioether (sulfide) groups is 1. The molecule has 0 saturated heterocycles. The first-order valence-electron chi connectivity index (χ1n) is 11.3. The summed E-state index contributed by atoms with van der Waals surface area (Å²) in [5.41, 5.74) is 1.56. The number of nitrogens with one attached hydrogen (secondary N) is 1. The molecule has 0 unspecified atom stereocenters. The van der Waals surface area contributed by atoms with Gasteiger partial charge in [0.2, 0.25) is 5.91 Å². The summed E-state index contributed by atoms with van der Waals surface area (Å²) in [5.74, 6) is -1.64. The molecule has 0 aromatic heterocycles. The summed E-state index contributed by atoms with van der Waals surface area (Å²) in [6, 6.07) is 13.1. The van der Waals surface area contributed by atoms with Crippen molar-refractivity contribution >= 4 is 46.2 Å². The van der Waals surface area contributed by atoms with Gasteiger partial charge in [0.1, 0.15) is 17.1 Å². The fourth-order valence-electron chi connectivity index (χ4n) is 3.92.